The van der Waals surface area contributed by atoms with E-state index in [1.165, 1.54) is 5.56 Å². The van der Waals surface area contributed by atoms with Crippen molar-refractivity contribution in [3.63, 3.8) is 0 Å². The molecule has 0 amide bonds. The van der Waals surface area contributed by atoms with E-state index in [9.17, 15) is 5.26 Å². The Morgan fingerprint density at radius 3 is 2.60 bits per heavy atom. The Morgan fingerprint density at radius 2 is 2.00 bits per heavy atom. The van der Waals surface area contributed by atoms with Crippen LogP contribution in [0.25, 0.3) is 0 Å². The third-order valence-corrected chi connectivity index (χ3v) is 4.28. The molecule has 1 aliphatic rings. The third-order valence-electron chi connectivity index (χ3n) is 4.28. The van der Waals surface area contributed by atoms with Gasteiger partial charge in [0.15, 0.2) is 0 Å². The quantitative estimate of drug-likeness (QED) is 0.844. The molecule has 108 valence electrons. The summed E-state index contributed by atoms with van der Waals surface area (Å²) in [5, 5.41) is 9.98. The number of hydrogen-bond acceptors (Lipinski definition) is 3. The molecule has 20 heavy (non-hydrogen) atoms. The summed E-state index contributed by atoms with van der Waals surface area (Å²) in [5.74, 6) is 0.918. The summed E-state index contributed by atoms with van der Waals surface area (Å²) >= 11 is 0. The van der Waals surface area contributed by atoms with Gasteiger partial charge in [-0.05, 0) is 51.4 Å². The predicted molar refractivity (Wildman–Crippen MR) is 80.9 cm³/mol. The molecule has 3 heteroatoms. The molecule has 1 aliphatic heterocycles. The number of hydrogen-bond donors (Lipinski definition) is 0. The Balaban J connectivity index is 2.69. The lowest BCUT2D eigenvalue weighted by molar-refractivity contribution is 0.142. The summed E-state index contributed by atoms with van der Waals surface area (Å²) in [7, 11) is 0. The lowest BCUT2D eigenvalue weighted by Gasteiger charge is -2.38. The van der Waals surface area contributed by atoms with Crippen LogP contribution in [0.2, 0.25) is 0 Å². The van der Waals surface area contributed by atoms with Gasteiger partial charge >= 0.3 is 0 Å². The topological polar surface area (TPSA) is 36.3 Å². The highest BCUT2D eigenvalue weighted by Crippen LogP contribution is 2.42. The van der Waals surface area contributed by atoms with Crippen LogP contribution in [0.3, 0.4) is 0 Å². The molecule has 0 bridgehead atoms. The van der Waals surface area contributed by atoms with Crippen molar-refractivity contribution in [2.45, 2.75) is 46.1 Å². The van der Waals surface area contributed by atoms with E-state index in [0.717, 1.165) is 42.8 Å². The van der Waals surface area contributed by atoms with Gasteiger partial charge in [-0.2, -0.15) is 5.26 Å². The van der Waals surface area contributed by atoms with Crippen LogP contribution in [0.1, 0.15) is 43.4 Å². The van der Waals surface area contributed by atoms with E-state index < -0.39 is 5.54 Å². The Morgan fingerprint density at radius 1 is 1.30 bits per heavy atom. The van der Waals surface area contributed by atoms with Gasteiger partial charge in [-0.3, -0.25) is 4.90 Å². The first-order valence-electron chi connectivity index (χ1n) is 7.49. The van der Waals surface area contributed by atoms with Crippen LogP contribution in [0.5, 0.6) is 5.75 Å². The number of rotatable bonds is 3. The number of aryl methyl sites for hydroxylation is 2. The highest BCUT2D eigenvalue weighted by Gasteiger charge is 2.41. The Labute approximate surface area is 122 Å². The van der Waals surface area contributed by atoms with E-state index in [0.29, 0.717) is 6.61 Å². The molecule has 1 atom stereocenters. The van der Waals surface area contributed by atoms with Crippen LogP contribution in [-0.2, 0) is 5.54 Å². The molecule has 1 unspecified atom stereocenters. The molecule has 0 radical (unpaired) electrons. The first-order chi connectivity index (χ1) is 9.58. The van der Waals surface area contributed by atoms with Crippen molar-refractivity contribution in [2.24, 2.45) is 0 Å². The first kappa shape index (κ1) is 14.9. The molecular formula is C17H24N2O. The van der Waals surface area contributed by atoms with Crippen molar-refractivity contribution in [1.29, 1.82) is 5.26 Å². The van der Waals surface area contributed by atoms with Crippen molar-refractivity contribution in [1.82, 2.24) is 4.90 Å². The summed E-state index contributed by atoms with van der Waals surface area (Å²) in [5.41, 5.74) is 2.83. The Hall–Kier alpha value is -1.53. The van der Waals surface area contributed by atoms with Gasteiger partial charge in [0.2, 0.25) is 0 Å². The molecule has 0 spiro atoms. The lowest BCUT2D eigenvalue weighted by atomic mass is 9.83. The third kappa shape index (κ3) is 2.29. The van der Waals surface area contributed by atoms with Crippen molar-refractivity contribution >= 4 is 0 Å². The fourth-order valence-electron chi connectivity index (χ4n) is 3.37. The summed E-state index contributed by atoms with van der Waals surface area (Å²) in [4.78, 5) is 2.26. The van der Waals surface area contributed by atoms with Gasteiger partial charge in [-0.15, -0.1) is 0 Å². The average Bonchev–Trinajstić information content (AvgIpc) is 2.61. The van der Waals surface area contributed by atoms with Crippen LogP contribution >= 0.6 is 0 Å². The minimum atomic E-state index is -0.549. The molecule has 2 rings (SSSR count). The number of benzene rings is 1. The Bertz CT molecular complexity index is 529. The number of ether oxygens (including phenoxy) is 1. The second kappa shape index (κ2) is 5.85. The summed E-state index contributed by atoms with van der Waals surface area (Å²) in [6.45, 7) is 10.8. The maximum absolute atomic E-state index is 9.98. The van der Waals surface area contributed by atoms with Gasteiger partial charge in [-0.1, -0.05) is 25.5 Å². The normalized spacial score (nSPS) is 21.8. The monoisotopic (exact) mass is 272 g/mol. The molecule has 0 N–H and O–H groups in total. The zero-order valence-corrected chi connectivity index (χ0v) is 13.0. The fraction of sp³-hybridized carbons (Fsp3) is 0.588. The van der Waals surface area contributed by atoms with Crippen LogP contribution in [0.15, 0.2) is 12.1 Å². The van der Waals surface area contributed by atoms with Gasteiger partial charge in [-0.25, -0.2) is 0 Å². The van der Waals surface area contributed by atoms with Crippen LogP contribution in [0, 0.1) is 25.2 Å². The second-order valence-corrected chi connectivity index (χ2v) is 5.55. The standard InChI is InChI=1S/C17H24N2O/c1-5-19(6-2)17(12-18)8-7-9-20-16-14(4)10-13(3)11-15(16)17/h10-11H,5-9H2,1-4H3. The molecule has 0 fully saturated rings. The molecule has 0 saturated carbocycles. The molecule has 0 aliphatic carbocycles. The summed E-state index contributed by atoms with van der Waals surface area (Å²) < 4.78 is 5.95. The summed E-state index contributed by atoms with van der Waals surface area (Å²) in [6, 6.07) is 6.88. The number of nitrogens with zero attached hydrogens (tertiary/aromatic N) is 2. The SMILES string of the molecule is CCN(CC)C1(C#N)CCCOc2c(C)cc(C)cc21. The van der Waals surface area contributed by atoms with Gasteiger partial charge in [0, 0.05) is 5.56 Å². The number of fused-ring (bicyclic) bond motifs is 1. The smallest absolute Gasteiger partial charge is 0.138 e. The minimum Gasteiger partial charge on any atom is -0.493 e. The Kier molecular flexibility index (Phi) is 4.35. The fourth-order valence-corrected chi connectivity index (χ4v) is 3.37. The van der Waals surface area contributed by atoms with Gasteiger partial charge < -0.3 is 4.74 Å². The molecule has 0 aromatic heterocycles. The van der Waals surface area contributed by atoms with E-state index in [2.05, 4.69) is 50.8 Å². The predicted octanol–water partition coefficient (Wildman–Crippen LogP) is 3.54. The maximum Gasteiger partial charge on any atom is 0.138 e. The zero-order chi connectivity index (χ0) is 14.8. The molecule has 0 saturated heterocycles. The van der Waals surface area contributed by atoms with E-state index in [4.69, 9.17) is 4.74 Å². The zero-order valence-electron chi connectivity index (χ0n) is 13.0. The van der Waals surface area contributed by atoms with Crippen molar-refractivity contribution in [3.05, 3.63) is 28.8 Å². The van der Waals surface area contributed by atoms with Gasteiger partial charge in [0.1, 0.15) is 11.3 Å². The second-order valence-electron chi connectivity index (χ2n) is 5.55. The number of nitriles is 1. The molecule has 1 heterocycles. The highest BCUT2D eigenvalue weighted by atomic mass is 16.5. The van der Waals surface area contributed by atoms with Crippen molar-refractivity contribution in [3.8, 4) is 11.8 Å². The van der Waals surface area contributed by atoms with Gasteiger partial charge in [0.25, 0.3) is 0 Å². The van der Waals surface area contributed by atoms with Crippen LogP contribution in [-0.4, -0.2) is 24.6 Å². The molecule has 1 aromatic carbocycles. The van der Waals surface area contributed by atoms with E-state index >= 15 is 0 Å². The van der Waals surface area contributed by atoms with Crippen molar-refractivity contribution < 1.29 is 4.74 Å². The van der Waals surface area contributed by atoms with Crippen LogP contribution in [0.4, 0.5) is 0 Å². The van der Waals surface area contributed by atoms with E-state index in [-0.39, 0.29) is 0 Å². The van der Waals surface area contributed by atoms with E-state index in [1.807, 2.05) is 0 Å². The molecule has 3 nitrogen and oxygen atoms in total. The highest BCUT2D eigenvalue weighted by molar-refractivity contribution is 5.50. The van der Waals surface area contributed by atoms with Crippen LogP contribution < -0.4 is 4.74 Å². The molecular weight excluding hydrogens is 248 g/mol. The maximum atomic E-state index is 9.98. The van der Waals surface area contributed by atoms with Crippen molar-refractivity contribution in [2.75, 3.05) is 19.7 Å². The van der Waals surface area contributed by atoms with Gasteiger partial charge in [0.05, 0.1) is 12.7 Å². The minimum absolute atomic E-state index is 0.549. The summed E-state index contributed by atoms with van der Waals surface area (Å²) in [6.07, 6.45) is 1.75. The largest absolute Gasteiger partial charge is 0.493 e. The average molecular weight is 272 g/mol. The molecule has 1 aromatic rings. The van der Waals surface area contributed by atoms with E-state index in [1.54, 1.807) is 0 Å². The lowest BCUT2D eigenvalue weighted by Crippen LogP contribution is -2.45. The first-order valence-corrected chi connectivity index (χ1v) is 7.49.